The van der Waals surface area contributed by atoms with Crippen LogP contribution in [0.4, 0.5) is 4.39 Å². The van der Waals surface area contributed by atoms with Crippen molar-refractivity contribution in [2.45, 2.75) is 45.0 Å². The molecule has 0 saturated heterocycles. The summed E-state index contributed by atoms with van der Waals surface area (Å²) in [5.74, 6) is 0.955. The minimum atomic E-state index is -0.739. The van der Waals surface area contributed by atoms with Crippen LogP contribution in [0, 0.1) is 11.7 Å². The molecule has 0 heterocycles. The van der Waals surface area contributed by atoms with E-state index >= 15 is 0 Å². The predicted molar refractivity (Wildman–Crippen MR) is 146 cm³/mol. The van der Waals surface area contributed by atoms with Crippen LogP contribution in [0.5, 0.6) is 0 Å². The first-order chi connectivity index (χ1) is 17.4. The van der Waals surface area contributed by atoms with Crippen molar-refractivity contribution in [2.75, 3.05) is 12.3 Å². The molecule has 0 aliphatic heterocycles. The van der Waals surface area contributed by atoms with E-state index in [-0.39, 0.29) is 36.5 Å². The molecule has 0 spiro atoms. The highest BCUT2D eigenvalue weighted by Crippen LogP contribution is 2.19. The first kappa shape index (κ1) is 27.5. The van der Waals surface area contributed by atoms with Crippen molar-refractivity contribution in [3.63, 3.8) is 0 Å². The molecule has 190 valence electrons. The van der Waals surface area contributed by atoms with E-state index in [1.807, 2.05) is 62.4 Å². The van der Waals surface area contributed by atoms with Crippen LogP contribution in [0.1, 0.15) is 37.0 Å². The van der Waals surface area contributed by atoms with Crippen molar-refractivity contribution >= 4 is 23.6 Å². The van der Waals surface area contributed by atoms with E-state index in [2.05, 4.69) is 17.4 Å². The number of amides is 2. The highest BCUT2D eigenvalue weighted by molar-refractivity contribution is 7.98. The standard InChI is InChI=1S/C30H35FN2O2S/c1-23(2)20-32-30(35)28(19-24-11-5-3-6-12-24)33(21-26-15-9-10-16-27(26)31)29(34)17-18-36-22-25-13-7-4-8-14-25/h3-16,23,28H,17-22H2,1-2H3,(H,32,35). The first-order valence-electron chi connectivity index (χ1n) is 12.4. The summed E-state index contributed by atoms with van der Waals surface area (Å²) in [6.07, 6.45) is 0.636. The zero-order valence-electron chi connectivity index (χ0n) is 21.0. The fourth-order valence-electron chi connectivity index (χ4n) is 3.85. The minimum absolute atomic E-state index is 0.0431. The quantitative estimate of drug-likeness (QED) is 0.295. The molecule has 2 amide bonds. The van der Waals surface area contributed by atoms with Gasteiger partial charge in [-0.2, -0.15) is 11.8 Å². The molecule has 6 heteroatoms. The molecule has 1 unspecified atom stereocenters. The van der Waals surface area contributed by atoms with Gasteiger partial charge in [0.2, 0.25) is 11.8 Å². The molecule has 0 aliphatic carbocycles. The number of hydrogen-bond acceptors (Lipinski definition) is 3. The first-order valence-corrected chi connectivity index (χ1v) is 13.6. The van der Waals surface area contributed by atoms with E-state index in [1.54, 1.807) is 34.9 Å². The van der Waals surface area contributed by atoms with Gasteiger partial charge in [0.05, 0.1) is 0 Å². The number of hydrogen-bond donors (Lipinski definition) is 1. The molecular formula is C30H35FN2O2S. The van der Waals surface area contributed by atoms with Gasteiger partial charge in [-0.25, -0.2) is 4.39 Å². The van der Waals surface area contributed by atoms with Gasteiger partial charge < -0.3 is 10.2 Å². The Kier molecular flexibility index (Phi) is 11.0. The summed E-state index contributed by atoms with van der Waals surface area (Å²) in [5.41, 5.74) is 2.55. The van der Waals surface area contributed by atoms with Gasteiger partial charge in [-0.15, -0.1) is 0 Å². The topological polar surface area (TPSA) is 49.4 Å². The molecule has 36 heavy (non-hydrogen) atoms. The SMILES string of the molecule is CC(C)CNC(=O)C(Cc1ccccc1)N(Cc1ccccc1F)C(=O)CCSCc1ccccc1. The minimum Gasteiger partial charge on any atom is -0.354 e. The Bertz CT molecular complexity index is 1090. The van der Waals surface area contributed by atoms with Gasteiger partial charge in [0, 0.05) is 43.0 Å². The normalized spacial score (nSPS) is 11.8. The summed E-state index contributed by atoms with van der Waals surface area (Å²) in [4.78, 5) is 28.5. The number of thioether (sulfide) groups is 1. The van der Waals surface area contributed by atoms with Crippen LogP contribution in [0.25, 0.3) is 0 Å². The number of carbonyl (C=O) groups excluding carboxylic acids is 2. The van der Waals surface area contributed by atoms with Crippen molar-refractivity contribution in [1.29, 1.82) is 0 Å². The third-order valence-corrected chi connectivity index (χ3v) is 6.86. The lowest BCUT2D eigenvalue weighted by atomic mass is 10.0. The molecule has 0 radical (unpaired) electrons. The summed E-state index contributed by atoms with van der Waals surface area (Å²) in [5, 5.41) is 3.00. The van der Waals surface area contributed by atoms with Gasteiger partial charge in [0.25, 0.3) is 0 Å². The number of rotatable bonds is 13. The number of benzene rings is 3. The lowest BCUT2D eigenvalue weighted by molar-refractivity contribution is -0.141. The molecule has 1 atom stereocenters. The van der Waals surface area contributed by atoms with E-state index in [1.165, 1.54) is 11.6 Å². The summed E-state index contributed by atoms with van der Waals surface area (Å²) in [6, 6.07) is 25.5. The molecule has 3 aromatic rings. The fourth-order valence-corrected chi connectivity index (χ4v) is 4.75. The molecular weight excluding hydrogens is 471 g/mol. The van der Waals surface area contributed by atoms with Crippen molar-refractivity contribution in [1.82, 2.24) is 10.2 Å². The molecule has 3 rings (SSSR count). The van der Waals surface area contributed by atoms with E-state index < -0.39 is 6.04 Å². The van der Waals surface area contributed by atoms with Crippen LogP contribution in [0.2, 0.25) is 0 Å². The zero-order valence-corrected chi connectivity index (χ0v) is 21.8. The van der Waals surface area contributed by atoms with Crippen LogP contribution in [0.15, 0.2) is 84.9 Å². The average Bonchev–Trinajstić information content (AvgIpc) is 2.89. The van der Waals surface area contributed by atoms with Crippen LogP contribution in [0.3, 0.4) is 0 Å². The Balaban J connectivity index is 1.80. The van der Waals surface area contributed by atoms with Gasteiger partial charge in [0.15, 0.2) is 0 Å². The third-order valence-electron chi connectivity index (χ3n) is 5.83. The van der Waals surface area contributed by atoms with Gasteiger partial charge in [0.1, 0.15) is 11.9 Å². The smallest absolute Gasteiger partial charge is 0.243 e. The van der Waals surface area contributed by atoms with Crippen LogP contribution in [-0.4, -0.2) is 35.1 Å². The molecule has 0 aliphatic rings. The van der Waals surface area contributed by atoms with Crippen LogP contribution >= 0.6 is 11.8 Å². The summed E-state index contributed by atoms with van der Waals surface area (Å²) < 4.78 is 14.6. The Morgan fingerprint density at radius 3 is 2.14 bits per heavy atom. The van der Waals surface area contributed by atoms with E-state index in [0.29, 0.717) is 24.3 Å². The van der Waals surface area contributed by atoms with Gasteiger partial charge in [-0.1, -0.05) is 92.7 Å². The molecule has 0 saturated carbocycles. The lowest BCUT2D eigenvalue weighted by Crippen LogP contribution is -2.51. The lowest BCUT2D eigenvalue weighted by Gasteiger charge is -2.32. The van der Waals surface area contributed by atoms with Crippen LogP contribution in [-0.2, 0) is 28.3 Å². The number of nitrogens with one attached hydrogen (secondary N) is 1. The number of halogens is 1. The zero-order chi connectivity index (χ0) is 25.8. The third kappa shape index (κ3) is 8.83. The summed E-state index contributed by atoms with van der Waals surface area (Å²) in [6.45, 7) is 4.61. The van der Waals surface area contributed by atoms with Crippen LogP contribution < -0.4 is 5.32 Å². The number of carbonyl (C=O) groups is 2. The fraction of sp³-hybridized carbons (Fsp3) is 0.333. The van der Waals surface area contributed by atoms with Gasteiger partial charge >= 0.3 is 0 Å². The van der Waals surface area contributed by atoms with Crippen molar-refractivity contribution < 1.29 is 14.0 Å². The Hall–Kier alpha value is -3.12. The Morgan fingerprint density at radius 1 is 0.889 bits per heavy atom. The van der Waals surface area contributed by atoms with E-state index in [9.17, 15) is 14.0 Å². The highest BCUT2D eigenvalue weighted by atomic mass is 32.2. The van der Waals surface area contributed by atoms with Crippen molar-refractivity contribution in [3.05, 3.63) is 107 Å². The number of nitrogens with zero attached hydrogens (tertiary/aromatic N) is 1. The van der Waals surface area contributed by atoms with E-state index in [0.717, 1.165) is 11.3 Å². The molecule has 3 aromatic carbocycles. The largest absolute Gasteiger partial charge is 0.354 e. The predicted octanol–water partition coefficient (Wildman–Crippen LogP) is 5.86. The van der Waals surface area contributed by atoms with Crippen molar-refractivity contribution in [2.24, 2.45) is 5.92 Å². The maximum Gasteiger partial charge on any atom is 0.243 e. The molecule has 0 fully saturated rings. The second-order valence-electron chi connectivity index (χ2n) is 9.25. The molecule has 0 aromatic heterocycles. The Labute approximate surface area is 218 Å². The molecule has 0 bridgehead atoms. The van der Waals surface area contributed by atoms with Crippen molar-refractivity contribution in [3.8, 4) is 0 Å². The molecule has 4 nitrogen and oxygen atoms in total. The van der Waals surface area contributed by atoms with E-state index in [4.69, 9.17) is 0 Å². The summed E-state index contributed by atoms with van der Waals surface area (Å²) >= 11 is 1.68. The monoisotopic (exact) mass is 506 g/mol. The second kappa shape index (κ2) is 14.4. The Morgan fingerprint density at radius 2 is 1.50 bits per heavy atom. The maximum absolute atomic E-state index is 14.6. The highest BCUT2D eigenvalue weighted by Gasteiger charge is 2.30. The summed E-state index contributed by atoms with van der Waals surface area (Å²) in [7, 11) is 0. The maximum atomic E-state index is 14.6. The average molecular weight is 507 g/mol. The second-order valence-corrected chi connectivity index (χ2v) is 10.4. The van der Waals surface area contributed by atoms with Gasteiger partial charge in [-0.3, -0.25) is 9.59 Å². The van der Waals surface area contributed by atoms with Gasteiger partial charge in [-0.05, 0) is 23.1 Å². The molecule has 1 N–H and O–H groups in total.